The fraction of sp³-hybridized carbons (Fsp3) is 0.909. The average Bonchev–Trinajstić information content (AvgIpc) is 2.75. The third kappa shape index (κ3) is 3.73. The molecule has 2 fully saturated rings. The van der Waals surface area contributed by atoms with Crippen molar-refractivity contribution in [3.05, 3.63) is 0 Å². The zero-order chi connectivity index (χ0) is 13.9. The summed E-state index contributed by atoms with van der Waals surface area (Å²) < 4.78 is 43.3. The molecule has 0 bridgehead atoms. The van der Waals surface area contributed by atoms with Crippen LogP contribution in [-0.4, -0.2) is 62.5 Å². The van der Waals surface area contributed by atoms with Gasteiger partial charge >= 0.3 is 12.2 Å². The summed E-state index contributed by atoms with van der Waals surface area (Å²) in [6, 6.07) is -0.777. The normalized spacial score (nSPS) is 28.6. The molecule has 2 aliphatic heterocycles. The van der Waals surface area contributed by atoms with E-state index in [0.717, 1.165) is 0 Å². The standard InChI is InChI=1S/C11H18F3N3O2/c12-11(13,14)8-7-19-6-1-9(8)15-2-4-17-5-3-16-10(17)18/h8-9,15H,1-7H2,(H,16,18)/t8-,9+/m1/s1. The molecule has 5 nitrogen and oxygen atoms in total. The van der Waals surface area contributed by atoms with Crippen molar-refractivity contribution in [3.8, 4) is 0 Å². The lowest BCUT2D eigenvalue weighted by Gasteiger charge is -2.33. The maximum absolute atomic E-state index is 12.8. The molecule has 0 aromatic rings. The fourth-order valence-corrected chi connectivity index (χ4v) is 2.41. The van der Waals surface area contributed by atoms with Crippen molar-refractivity contribution in [2.75, 3.05) is 39.4 Å². The van der Waals surface area contributed by atoms with Crippen LogP contribution in [0.25, 0.3) is 0 Å². The number of hydrogen-bond donors (Lipinski definition) is 2. The summed E-state index contributed by atoms with van der Waals surface area (Å²) in [5.41, 5.74) is 0. The maximum Gasteiger partial charge on any atom is 0.395 e. The minimum Gasteiger partial charge on any atom is -0.381 e. The Hall–Kier alpha value is -1.02. The number of nitrogens with zero attached hydrogens (tertiary/aromatic N) is 1. The van der Waals surface area contributed by atoms with Crippen LogP contribution in [0.4, 0.5) is 18.0 Å². The van der Waals surface area contributed by atoms with E-state index in [9.17, 15) is 18.0 Å². The third-order valence-electron chi connectivity index (χ3n) is 3.51. The highest BCUT2D eigenvalue weighted by Gasteiger charge is 2.46. The molecule has 2 amide bonds. The van der Waals surface area contributed by atoms with Crippen LogP contribution in [0.15, 0.2) is 0 Å². The lowest BCUT2D eigenvalue weighted by Crippen LogP contribution is -2.50. The van der Waals surface area contributed by atoms with Crippen LogP contribution in [0.1, 0.15) is 6.42 Å². The van der Waals surface area contributed by atoms with Crippen molar-refractivity contribution in [2.24, 2.45) is 5.92 Å². The van der Waals surface area contributed by atoms with E-state index in [4.69, 9.17) is 4.74 Å². The van der Waals surface area contributed by atoms with E-state index in [1.54, 1.807) is 4.90 Å². The fourth-order valence-electron chi connectivity index (χ4n) is 2.41. The van der Waals surface area contributed by atoms with Gasteiger partial charge in [0, 0.05) is 38.8 Å². The summed E-state index contributed by atoms with van der Waals surface area (Å²) >= 11 is 0. The van der Waals surface area contributed by atoms with Gasteiger partial charge in [-0.1, -0.05) is 0 Å². The predicted octanol–water partition coefficient (Wildman–Crippen LogP) is 0.569. The molecule has 2 rings (SSSR count). The van der Waals surface area contributed by atoms with Gasteiger partial charge in [0.05, 0.1) is 12.5 Å². The van der Waals surface area contributed by atoms with Crippen molar-refractivity contribution >= 4 is 6.03 Å². The van der Waals surface area contributed by atoms with Crippen LogP contribution in [0.2, 0.25) is 0 Å². The Morgan fingerprint density at radius 3 is 2.89 bits per heavy atom. The minimum absolute atomic E-state index is 0.152. The highest BCUT2D eigenvalue weighted by atomic mass is 19.4. The Morgan fingerprint density at radius 1 is 1.47 bits per heavy atom. The van der Waals surface area contributed by atoms with Gasteiger partial charge in [-0.2, -0.15) is 13.2 Å². The molecular weight excluding hydrogens is 263 g/mol. The number of alkyl halides is 3. The van der Waals surface area contributed by atoms with Crippen LogP contribution < -0.4 is 10.6 Å². The molecule has 0 aromatic heterocycles. The molecule has 0 spiro atoms. The topological polar surface area (TPSA) is 53.6 Å². The van der Waals surface area contributed by atoms with Crippen molar-refractivity contribution < 1.29 is 22.7 Å². The molecule has 0 aliphatic carbocycles. The summed E-state index contributed by atoms with van der Waals surface area (Å²) in [6.45, 7) is 2.05. The number of amides is 2. The van der Waals surface area contributed by atoms with Gasteiger partial charge in [0.1, 0.15) is 0 Å². The molecule has 2 N–H and O–H groups in total. The van der Waals surface area contributed by atoms with E-state index in [0.29, 0.717) is 39.2 Å². The van der Waals surface area contributed by atoms with Crippen molar-refractivity contribution in [2.45, 2.75) is 18.6 Å². The zero-order valence-electron chi connectivity index (χ0n) is 10.5. The SMILES string of the molecule is O=C1NCCN1CCN[C@H]1CCOC[C@H]1C(F)(F)F. The minimum atomic E-state index is -4.25. The Kier molecular flexibility index (Phi) is 4.51. The number of halogens is 3. The molecule has 0 aromatic carbocycles. The number of urea groups is 1. The van der Waals surface area contributed by atoms with Gasteiger partial charge < -0.3 is 20.3 Å². The molecule has 2 heterocycles. The van der Waals surface area contributed by atoms with Gasteiger partial charge in [-0.3, -0.25) is 0 Å². The van der Waals surface area contributed by atoms with Crippen LogP contribution in [0.5, 0.6) is 0 Å². The van der Waals surface area contributed by atoms with Gasteiger partial charge in [0.15, 0.2) is 0 Å². The molecule has 2 atom stereocenters. The molecular formula is C11H18F3N3O2. The molecule has 19 heavy (non-hydrogen) atoms. The zero-order valence-corrected chi connectivity index (χ0v) is 10.5. The molecule has 0 saturated carbocycles. The second-order valence-electron chi connectivity index (χ2n) is 4.79. The molecule has 110 valence electrons. The average molecular weight is 281 g/mol. The number of hydrogen-bond acceptors (Lipinski definition) is 3. The van der Waals surface area contributed by atoms with Crippen molar-refractivity contribution in [1.29, 1.82) is 0 Å². The lowest BCUT2D eigenvalue weighted by molar-refractivity contribution is -0.207. The van der Waals surface area contributed by atoms with Gasteiger partial charge in [-0.15, -0.1) is 0 Å². The van der Waals surface area contributed by atoms with Crippen LogP contribution in [0, 0.1) is 5.92 Å². The summed E-state index contributed by atoms with van der Waals surface area (Å²) in [5, 5.41) is 5.55. The molecule has 0 radical (unpaired) electrons. The van der Waals surface area contributed by atoms with Gasteiger partial charge in [-0.25, -0.2) is 4.79 Å². The van der Waals surface area contributed by atoms with Crippen molar-refractivity contribution in [3.63, 3.8) is 0 Å². The smallest absolute Gasteiger partial charge is 0.381 e. The van der Waals surface area contributed by atoms with Gasteiger partial charge in [0.25, 0.3) is 0 Å². The first-order valence-corrected chi connectivity index (χ1v) is 6.39. The Morgan fingerprint density at radius 2 is 2.26 bits per heavy atom. The van der Waals surface area contributed by atoms with E-state index < -0.39 is 18.1 Å². The Labute approximate surface area is 109 Å². The number of ether oxygens (including phenoxy) is 1. The highest BCUT2D eigenvalue weighted by molar-refractivity contribution is 5.76. The van der Waals surface area contributed by atoms with Crippen LogP contribution in [-0.2, 0) is 4.74 Å². The first kappa shape index (κ1) is 14.4. The Bertz CT molecular complexity index is 325. The largest absolute Gasteiger partial charge is 0.395 e. The van der Waals surface area contributed by atoms with E-state index >= 15 is 0 Å². The first-order valence-electron chi connectivity index (χ1n) is 6.39. The second kappa shape index (κ2) is 5.96. The molecule has 8 heteroatoms. The van der Waals surface area contributed by atoms with Gasteiger partial charge in [0.2, 0.25) is 0 Å². The number of carbonyl (C=O) groups is 1. The third-order valence-corrected chi connectivity index (χ3v) is 3.51. The quantitative estimate of drug-likeness (QED) is 0.792. The number of nitrogens with one attached hydrogen (secondary N) is 2. The van der Waals surface area contributed by atoms with Crippen molar-refractivity contribution in [1.82, 2.24) is 15.5 Å². The molecule has 2 aliphatic rings. The summed E-state index contributed by atoms with van der Waals surface area (Å²) in [5.74, 6) is -1.46. The summed E-state index contributed by atoms with van der Waals surface area (Å²) in [7, 11) is 0. The summed E-state index contributed by atoms with van der Waals surface area (Å²) in [4.78, 5) is 12.9. The first-order chi connectivity index (χ1) is 8.98. The van der Waals surface area contributed by atoms with Crippen LogP contribution >= 0.6 is 0 Å². The van der Waals surface area contributed by atoms with E-state index in [1.807, 2.05) is 0 Å². The molecule has 0 unspecified atom stereocenters. The van der Waals surface area contributed by atoms with E-state index in [1.165, 1.54) is 0 Å². The van der Waals surface area contributed by atoms with Gasteiger partial charge in [-0.05, 0) is 6.42 Å². The number of carbonyl (C=O) groups excluding carboxylic acids is 1. The summed E-state index contributed by atoms with van der Waals surface area (Å²) in [6.07, 6.45) is -3.90. The van der Waals surface area contributed by atoms with E-state index in [-0.39, 0.29) is 12.6 Å². The maximum atomic E-state index is 12.8. The van der Waals surface area contributed by atoms with E-state index in [2.05, 4.69) is 10.6 Å². The number of rotatable bonds is 4. The second-order valence-corrected chi connectivity index (χ2v) is 4.79. The van der Waals surface area contributed by atoms with Crippen LogP contribution in [0.3, 0.4) is 0 Å². The Balaban J connectivity index is 1.78. The predicted molar refractivity (Wildman–Crippen MR) is 61.7 cm³/mol. The lowest BCUT2D eigenvalue weighted by atomic mass is 9.95. The highest BCUT2D eigenvalue weighted by Crippen LogP contribution is 2.32. The molecule has 2 saturated heterocycles. The monoisotopic (exact) mass is 281 g/mol.